The van der Waals surface area contributed by atoms with E-state index in [1.54, 1.807) is 4.90 Å². The van der Waals surface area contributed by atoms with Crippen molar-refractivity contribution >= 4 is 11.7 Å². The van der Waals surface area contributed by atoms with E-state index >= 15 is 0 Å². The average Bonchev–Trinajstić information content (AvgIpc) is 2.69. The third kappa shape index (κ3) is 5.83. The molecule has 6 nitrogen and oxygen atoms in total. The van der Waals surface area contributed by atoms with Crippen LogP contribution in [0.1, 0.15) is 18.4 Å². The highest BCUT2D eigenvalue weighted by molar-refractivity contribution is 5.89. The van der Waals surface area contributed by atoms with Crippen LogP contribution in [-0.4, -0.2) is 74.5 Å². The minimum absolute atomic E-state index is 0.0144. The van der Waals surface area contributed by atoms with Gasteiger partial charge in [0.2, 0.25) is 0 Å². The van der Waals surface area contributed by atoms with Gasteiger partial charge in [-0.25, -0.2) is 4.79 Å². The van der Waals surface area contributed by atoms with Crippen LogP contribution < -0.4 is 5.32 Å². The normalized spacial score (nSPS) is 19.4. The molecule has 0 radical (unpaired) electrons. The van der Waals surface area contributed by atoms with Crippen molar-refractivity contribution in [1.29, 1.82) is 0 Å². The first-order chi connectivity index (χ1) is 13.4. The van der Waals surface area contributed by atoms with E-state index in [-0.39, 0.29) is 17.8 Å². The van der Waals surface area contributed by atoms with Gasteiger partial charge in [-0.1, -0.05) is 6.07 Å². The summed E-state index contributed by atoms with van der Waals surface area (Å²) in [6, 6.07) is 4.36. The summed E-state index contributed by atoms with van der Waals surface area (Å²) in [7, 11) is 0. The van der Waals surface area contributed by atoms with Crippen LogP contribution in [0.25, 0.3) is 0 Å². The Morgan fingerprint density at radius 1 is 1.14 bits per heavy atom. The number of amides is 2. The standard InChI is InChI=1S/C19H26F3N3O3/c20-19(21,22)15-2-1-3-16(14-15)23-18(26)25(17-4-10-27-11-5-17)7-6-24-8-12-28-13-9-24/h1-3,14,17H,4-13H2,(H,23,26). The highest BCUT2D eigenvalue weighted by atomic mass is 19.4. The van der Waals surface area contributed by atoms with Crippen molar-refractivity contribution in [3.05, 3.63) is 29.8 Å². The molecule has 1 aromatic carbocycles. The van der Waals surface area contributed by atoms with Crippen LogP contribution >= 0.6 is 0 Å². The van der Waals surface area contributed by atoms with Gasteiger partial charge in [0, 0.05) is 51.1 Å². The lowest BCUT2D eigenvalue weighted by atomic mass is 10.1. The Morgan fingerprint density at radius 2 is 1.82 bits per heavy atom. The second-order valence-corrected chi connectivity index (χ2v) is 7.00. The van der Waals surface area contributed by atoms with Gasteiger partial charge in [0.15, 0.2) is 0 Å². The number of rotatable bonds is 5. The Labute approximate surface area is 162 Å². The fraction of sp³-hybridized carbons (Fsp3) is 0.632. The number of ether oxygens (including phenoxy) is 2. The molecular formula is C19H26F3N3O3. The summed E-state index contributed by atoms with van der Waals surface area (Å²) in [5.74, 6) is 0. The largest absolute Gasteiger partial charge is 0.416 e. The van der Waals surface area contributed by atoms with Gasteiger partial charge in [0.25, 0.3) is 0 Å². The quantitative estimate of drug-likeness (QED) is 0.824. The molecule has 2 aliphatic rings. The van der Waals surface area contributed by atoms with Crippen molar-refractivity contribution in [1.82, 2.24) is 9.80 Å². The Bertz CT molecular complexity index is 645. The number of nitrogens with zero attached hydrogens (tertiary/aromatic N) is 2. The van der Waals surface area contributed by atoms with Crippen LogP contribution in [0.15, 0.2) is 24.3 Å². The van der Waals surface area contributed by atoms with Crippen LogP contribution in [0.3, 0.4) is 0 Å². The van der Waals surface area contributed by atoms with Crippen LogP contribution in [0.5, 0.6) is 0 Å². The van der Waals surface area contributed by atoms with Crippen molar-refractivity contribution in [3.8, 4) is 0 Å². The number of carbonyl (C=O) groups excluding carboxylic acids is 1. The molecule has 156 valence electrons. The van der Waals surface area contributed by atoms with Gasteiger partial charge in [0.1, 0.15) is 0 Å². The van der Waals surface area contributed by atoms with Gasteiger partial charge >= 0.3 is 12.2 Å². The Hall–Kier alpha value is -1.84. The summed E-state index contributed by atoms with van der Waals surface area (Å²) < 4.78 is 49.5. The number of benzene rings is 1. The minimum Gasteiger partial charge on any atom is -0.381 e. The van der Waals surface area contributed by atoms with Crippen molar-refractivity contribution in [3.63, 3.8) is 0 Å². The van der Waals surface area contributed by atoms with E-state index in [0.29, 0.717) is 39.5 Å². The Balaban J connectivity index is 1.66. The highest BCUT2D eigenvalue weighted by Gasteiger charge is 2.31. The van der Waals surface area contributed by atoms with Gasteiger partial charge in [0.05, 0.1) is 18.8 Å². The smallest absolute Gasteiger partial charge is 0.381 e. The zero-order valence-electron chi connectivity index (χ0n) is 15.7. The molecule has 9 heteroatoms. The number of carbonyl (C=O) groups is 1. The molecule has 0 aromatic heterocycles. The van der Waals surface area contributed by atoms with Crippen molar-refractivity contribution in [2.45, 2.75) is 25.1 Å². The first-order valence-electron chi connectivity index (χ1n) is 9.56. The van der Waals surface area contributed by atoms with E-state index < -0.39 is 11.7 Å². The molecule has 0 spiro atoms. The van der Waals surface area contributed by atoms with Gasteiger partial charge in [-0.05, 0) is 31.0 Å². The third-order valence-electron chi connectivity index (χ3n) is 5.09. The van der Waals surface area contributed by atoms with E-state index in [9.17, 15) is 18.0 Å². The summed E-state index contributed by atoms with van der Waals surface area (Å²) in [6.07, 6.45) is -3.00. The molecule has 2 fully saturated rings. The maximum Gasteiger partial charge on any atom is 0.416 e. The summed E-state index contributed by atoms with van der Waals surface area (Å²) in [5, 5.41) is 2.64. The molecule has 0 unspecified atom stereocenters. The van der Waals surface area contributed by atoms with Gasteiger partial charge in [-0.2, -0.15) is 13.2 Å². The van der Waals surface area contributed by atoms with E-state index in [1.165, 1.54) is 12.1 Å². The molecule has 1 N–H and O–H groups in total. The van der Waals surface area contributed by atoms with Gasteiger partial charge < -0.3 is 19.7 Å². The molecule has 0 atom stereocenters. The lowest BCUT2D eigenvalue weighted by Crippen LogP contribution is -2.49. The Morgan fingerprint density at radius 3 is 2.50 bits per heavy atom. The molecule has 2 aliphatic heterocycles. The van der Waals surface area contributed by atoms with E-state index in [2.05, 4.69) is 10.2 Å². The fourth-order valence-corrected chi connectivity index (χ4v) is 3.49. The molecule has 1 aromatic rings. The van der Waals surface area contributed by atoms with E-state index in [4.69, 9.17) is 9.47 Å². The monoisotopic (exact) mass is 401 g/mol. The molecule has 2 amide bonds. The molecule has 28 heavy (non-hydrogen) atoms. The first kappa shape index (κ1) is 20.9. The maximum absolute atomic E-state index is 12.9. The summed E-state index contributed by atoms with van der Waals surface area (Å²) in [5.41, 5.74) is -0.639. The lowest BCUT2D eigenvalue weighted by Gasteiger charge is -2.36. The Kier molecular flexibility index (Phi) is 7.14. The van der Waals surface area contributed by atoms with Crippen LogP contribution in [-0.2, 0) is 15.7 Å². The number of anilines is 1. The van der Waals surface area contributed by atoms with Crippen LogP contribution in [0, 0.1) is 0 Å². The average molecular weight is 401 g/mol. The summed E-state index contributed by atoms with van der Waals surface area (Å²) in [4.78, 5) is 16.9. The summed E-state index contributed by atoms with van der Waals surface area (Å²) in [6.45, 7) is 5.35. The fourth-order valence-electron chi connectivity index (χ4n) is 3.49. The molecule has 2 heterocycles. The molecule has 0 aliphatic carbocycles. The number of morpholine rings is 1. The zero-order chi connectivity index (χ0) is 20.0. The third-order valence-corrected chi connectivity index (χ3v) is 5.09. The zero-order valence-corrected chi connectivity index (χ0v) is 15.7. The highest BCUT2D eigenvalue weighted by Crippen LogP contribution is 2.30. The second-order valence-electron chi connectivity index (χ2n) is 7.00. The van der Waals surface area contributed by atoms with Crippen LogP contribution in [0.2, 0.25) is 0 Å². The molecule has 0 bridgehead atoms. The lowest BCUT2D eigenvalue weighted by molar-refractivity contribution is -0.137. The number of hydrogen-bond acceptors (Lipinski definition) is 4. The maximum atomic E-state index is 12.9. The van der Waals surface area contributed by atoms with E-state index in [0.717, 1.165) is 38.1 Å². The number of halogens is 3. The van der Waals surface area contributed by atoms with Crippen molar-refractivity contribution in [2.24, 2.45) is 0 Å². The molecule has 2 saturated heterocycles. The number of alkyl halides is 3. The predicted molar refractivity (Wildman–Crippen MR) is 98.3 cm³/mol. The SMILES string of the molecule is O=C(Nc1cccc(C(F)(F)F)c1)N(CCN1CCOCC1)C1CCOCC1. The molecular weight excluding hydrogens is 375 g/mol. The number of hydrogen-bond donors (Lipinski definition) is 1. The predicted octanol–water partition coefficient (Wildman–Crippen LogP) is 3.05. The molecule has 3 rings (SSSR count). The second kappa shape index (κ2) is 9.58. The van der Waals surface area contributed by atoms with Crippen LogP contribution in [0.4, 0.5) is 23.7 Å². The molecule has 0 saturated carbocycles. The summed E-state index contributed by atoms with van der Waals surface area (Å²) >= 11 is 0. The first-order valence-corrected chi connectivity index (χ1v) is 9.56. The van der Waals surface area contributed by atoms with Gasteiger partial charge in [-0.3, -0.25) is 4.90 Å². The van der Waals surface area contributed by atoms with E-state index in [1.807, 2.05) is 0 Å². The van der Waals surface area contributed by atoms with Crippen molar-refractivity contribution < 1.29 is 27.4 Å². The van der Waals surface area contributed by atoms with Crippen molar-refractivity contribution in [2.75, 3.05) is 57.9 Å². The topological polar surface area (TPSA) is 54.0 Å². The van der Waals surface area contributed by atoms with Gasteiger partial charge in [-0.15, -0.1) is 0 Å². The number of urea groups is 1. The minimum atomic E-state index is -4.45. The number of nitrogens with one attached hydrogen (secondary N) is 1.